The normalized spacial score (nSPS) is 10.7. The Morgan fingerprint density at radius 3 is 3.07 bits per heavy atom. The van der Waals surface area contributed by atoms with Gasteiger partial charge in [0.05, 0.1) is 11.8 Å². The lowest BCUT2D eigenvalue weighted by molar-refractivity contribution is 0.421. The molecule has 0 aliphatic carbocycles. The zero-order valence-corrected chi connectivity index (χ0v) is 8.40. The van der Waals surface area contributed by atoms with Gasteiger partial charge in [0.2, 0.25) is 5.82 Å². The summed E-state index contributed by atoms with van der Waals surface area (Å²) < 4.78 is 6.49. The predicted octanol–water partition coefficient (Wildman–Crippen LogP) is 2.00. The number of halogens is 1. The predicted molar refractivity (Wildman–Crippen MR) is 50.8 cm³/mol. The van der Waals surface area contributed by atoms with Crippen LogP contribution in [0, 0.1) is 0 Å². The molecule has 2 rings (SSSR count). The van der Waals surface area contributed by atoms with E-state index in [4.69, 9.17) is 11.6 Å². The highest BCUT2D eigenvalue weighted by molar-refractivity contribution is 6.27. The third-order valence-electron chi connectivity index (χ3n) is 1.75. The van der Waals surface area contributed by atoms with Crippen LogP contribution in [-0.4, -0.2) is 19.9 Å². The van der Waals surface area contributed by atoms with Gasteiger partial charge in [-0.3, -0.25) is 4.68 Å². The molecule has 0 amide bonds. The maximum atomic E-state index is 5.51. The van der Waals surface area contributed by atoms with Gasteiger partial charge in [-0.1, -0.05) is 12.1 Å². The Labute approximate surface area is 85.7 Å². The van der Waals surface area contributed by atoms with Crippen LogP contribution >= 0.6 is 11.6 Å². The van der Waals surface area contributed by atoms with Crippen LogP contribution < -0.4 is 0 Å². The summed E-state index contributed by atoms with van der Waals surface area (Å²) in [5, 5.41) is 7.88. The van der Waals surface area contributed by atoms with E-state index < -0.39 is 0 Å². The third-order valence-corrected chi connectivity index (χ3v) is 1.90. The molecule has 2 aromatic heterocycles. The summed E-state index contributed by atoms with van der Waals surface area (Å²) in [5.41, 5.74) is 0.814. The monoisotopic (exact) mass is 212 g/mol. The van der Waals surface area contributed by atoms with E-state index in [-0.39, 0.29) is 5.35 Å². The molecule has 0 saturated heterocycles. The van der Waals surface area contributed by atoms with Crippen molar-refractivity contribution < 1.29 is 4.52 Å². The van der Waals surface area contributed by atoms with Gasteiger partial charge in [0.1, 0.15) is 0 Å². The zero-order chi connectivity index (χ0) is 9.97. The van der Waals surface area contributed by atoms with E-state index in [9.17, 15) is 0 Å². The summed E-state index contributed by atoms with van der Waals surface area (Å²) in [6, 6.07) is 0. The lowest BCUT2D eigenvalue weighted by atomic mass is 10.3. The van der Waals surface area contributed by atoms with E-state index in [1.165, 1.54) is 0 Å². The van der Waals surface area contributed by atoms with E-state index in [1.807, 2.05) is 10.9 Å². The second-order valence-corrected chi connectivity index (χ2v) is 3.19. The second-order valence-electron chi connectivity index (χ2n) is 2.86. The van der Waals surface area contributed by atoms with Crippen LogP contribution in [0.15, 0.2) is 16.9 Å². The Balaban J connectivity index is 2.24. The summed E-state index contributed by atoms with van der Waals surface area (Å²) in [4.78, 5) is 3.89. The molecule has 0 bridgehead atoms. The van der Waals surface area contributed by atoms with Crippen LogP contribution in [0.1, 0.15) is 13.3 Å². The SMILES string of the molecule is CCCn1cc(-c2noc(Cl)n2)cn1. The molecule has 14 heavy (non-hydrogen) atoms. The van der Waals surface area contributed by atoms with Gasteiger partial charge in [-0.15, -0.1) is 0 Å². The molecule has 0 unspecified atom stereocenters. The number of hydrogen-bond donors (Lipinski definition) is 0. The summed E-state index contributed by atoms with van der Waals surface area (Å²) in [7, 11) is 0. The number of aryl methyl sites for hydroxylation is 1. The van der Waals surface area contributed by atoms with Crippen LogP contribution in [0.3, 0.4) is 0 Å². The highest BCUT2D eigenvalue weighted by atomic mass is 35.5. The molecule has 0 N–H and O–H groups in total. The van der Waals surface area contributed by atoms with Crippen molar-refractivity contribution in [1.29, 1.82) is 0 Å². The molecule has 0 aliphatic rings. The first-order valence-electron chi connectivity index (χ1n) is 4.31. The quantitative estimate of drug-likeness (QED) is 0.781. The van der Waals surface area contributed by atoms with Crippen molar-refractivity contribution in [2.75, 3.05) is 0 Å². The van der Waals surface area contributed by atoms with Gasteiger partial charge in [-0.2, -0.15) is 10.1 Å². The molecule has 0 saturated carbocycles. The van der Waals surface area contributed by atoms with Crippen molar-refractivity contribution in [2.24, 2.45) is 0 Å². The van der Waals surface area contributed by atoms with Crippen LogP contribution in [0.2, 0.25) is 5.35 Å². The third kappa shape index (κ3) is 1.77. The number of nitrogens with zero attached hydrogens (tertiary/aromatic N) is 4. The highest BCUT2D eigenvalue weighted by Gasteiger charge is 2.08. The summed E-state index contributed by atoms with van der Waals surface area (Å²) in [5.74, 6) is 0.470. The standard InChI is InChI=1S/C8H9ClN4O/c1-2-3-13-5-6(4-10-13)7-11-8(9)14-12-7/h4-5H,2-3H2,1H3. The molecule has 0 radical (unpaired) electrons. The minimum atomic E-state index is 0.0447. The van der Waals surface area contributed by atoms with Crippen LogP contribution in [-0.2, 0) is 6.54 Å². The summed E-state index contributed by atoms with van der Waals surface area (Å²) in [6.07, 6.45) is 4.59. The Hall–Kier alpha value is -1.36. The molecule has 2 heterocycles. The van der Waals surface area contributed by atoms with Crippen molar-refractivity contribution in [3.8, 4) is 11.4 Å². The van der Waals surface area contributed by atoms with Gasteiger partial charge >= 0.3 is 5.35 Å². The minimum absolute atomic E-state index is 0.0447. The van der Waals surface area contributed by atoms with Gasteiger partial charge in [-0.25, -0.2) is 0 Å². The fourth-order valence-electron chi connectivity index (χ4n) is 1.15. The second kappa shape index (κ2) is 3.79. The Morgan fingerprint density at radius 2 is 2.43 bits per heavy atom. The highest BCUT2D eigenvalue weighted by Crippen LogP contribution is 2.16. The van der Waals surface area contributed by atoms with Crippen molar-refractivity contribution in [3.05, 3.63) is 17.7 Å². The maximum absolute atomic E-state index is 5.51. The van der Waals surface area contributed by atoms with Gasteiger partial charge in [0.15, 0.2) is 0 Å². The molecule has 5 nitrogen and oxygen atoms in total. The molecule has 0 fully saturated rings. The number of hydrogen-bond acceptors (Lipinski definition) is 4. The topological polar surface area (TPSA) is 56.7 Å². The van der Waals surface area contributed by atoms with E-state index in [0.29, 0.717) is 5.82 Å². The smallest absolute Gasteiger partial charge is 0.320 e. The summed E-state index contributed by atoms with van der Waals surface area (Å²) in [6.45, 7) is 2.97. The molecule has 0 atom stereocenters. The molecule has 0 aromatic carbocycles. The van der Waals surface area contributed by atoms with Gasteiger partial charge in [0.25, 0.3) is 0 Å². The Kier molecular flexibility index (Phi) is 2.49. The van der Waals surface area contributed by atoms with E-state index in [0.717, 1.165) is 18.5 Å². The van der Waals surface area contributed by atoms with Gasteiger partial charge in [-0.05, 0) is 18.0 Å². The average molecular weight is 213 g/mol. The van der Waals surface area contributed by atoms with Crippen LogP contribution in [0.5, 0.6) is 0 Å². The molecular formula is C8H9ClN4O. The van der Waals surface area contributed by atoms with Crippen molar-refractivity contribution in [2.45, 2.75) is 19.9 Å². The molecule has 74 valence electrons. The van der Waals surface area contributed by atoms with Gasteiger partial charge < -0.3 is 4.52 Å². The lowest BCUT2D eigenvalue weighted by Crippen LogP contribution is -1.95. The van der Waals surface area contributed by atoms with E-state index in [2.05, 4.69) is 26.7 Å². The Bertz CT molecular complexity index is 422. The van der Waals surface area contributed by atoms with Crippen LogP contribution in [0.4, 0.5) is 0 Å². The summed E-state index contributed by atoms with van der Waals surface area (Å²) >= 11 is 5.51. The number of aromatic nitrogens is 4. The molecule has 2 aromatic rings. The fourth-order valence-corrected chi connectivity index (χ4v) is 1.27. The first-order valence-corrected chi connectivity index (χ1v) is 4.69. The maximum Gasteiger partial charge on any atom is 0.320 e. The molecule has 0 spiro atoms. The molecular weight excluding hydrogens is 204 g/mol. The van der Waals surface area contributed by atoms with E-state index >= 15 is 0 Å². The van der Waals surface area contributed by atoms with Crippen molar-refractivity contribution >= 4 is 11.6 Å². The first kappa shape index (κ1) is 9.21. The van der Waals surface area contributed by atoms with Gasteiger partial charge in [0, 0.05) is 12.7 Å². The largest absolute Gasteiger partial charge is 0.321 e. The fraction of sp³-hybridized carbons (Fsp3) is 0.375. The minimum Gasteiger partial charge on any atom is -0.321 e. The molecule has 0 aliphatic heterocycles. The average Bonchev–Trinajstić information content (AvgIpc) is 2.74. The first-order chi connectivity index (χ1) is 6.79. The zero-order valence-electron chi connectivity index (χ0n) is 7.64. The van der Waals surface area contributed by atoms with Crippen molar-refractivity contribution in [3.63, 3.8) is 0 Å². The van der Waals surface area contributed by atoms with Crippen LogP contribution in [0.25, 0.3) is 11.4 Å². The molecule has 6 heteroatoms. The number of rotatable bonds is 3. The van der Waals surface area contributed by atoms with Crippen molar-refractivity contribution in [1.82, 2.24) is 19.9 Å². The van der Waals surface area contributed by atoms with E-state index in [1.54, 1.807) is 6.20 Å². The lowest BCUT2D eigenvalue weighted by Gasteiger charge is -1.93. The Morgan fingerprint density at radius 1 is 1.57 bits per heavy atom.